The fourth-order valence-electron chi connectivity index (χ4n) is 1.60. The number of rotatable bonds is 6. The molecule has 1 rings (SSSR count). The van der Waals surface area contributed by atoms with Gasteiger partial charge < -0.3 is 10.2 Å². The van der Waals surface area contributed by atoms with E-state index in [2.05, 4.69) is 15.3 Å². The first kappa shape index (κ1) is 15.4. The summed E-state index contributed by atoms with van der Waals surface area (Å²) in [6.07, 6.45) is 0.878. The van der Waals surface area contributed by atoms with Crippen molar-refractivity contribution in [1.82, 2.24) is 20.0 Å². The SMILES string of the molecule is CC(C)n1nc(C(=O)NCCCN(C)C)ccc1=O. The van der Waals surface area contributed by atoms with Gasteiger partial charge in [0, 0.05) is 12.6 Å². The van der Waals surface area contributed by atoms with Gasteiger partial charge in [0.2, 0.25) is 0 Å². The summed E-state index contributed by atoms with van der Waals surface area (Å²) in [7, 11) is 3.98. The average Bonchev–Trinajstić information content (AvgIpc) is 2.34. The lowest BCUT2D eigenvalue weighted by Crippen LogP contribution is -2.31. The zero-order valence-corrected chi connectivity index (χ0v) is 12.0. The molecule has 1 amide bonds. The highest BCUT2D eigenvalue weighted by atomic mass is 16.2. The third kappa shape index (κ3) is 4.82. The quantitative estimate of drug-likeness (QED) is 0.762. The molecule has 0 fully saturated rings. The number of aromatic nitrogens is 2. The van der Waals surface area contributed by atoms with Gasteiger partial charge in [0.25, 0.3) is 11.5 Å². The second-order valence-corrected chi connectivity index (χ2v) is 5.01. The summed E-state index contributed by atoms with van der Waals surface area (Å²) >= 11 is 0. The van der Waals surface area contributed by atoms with Crippen molar-refractivity contribution in [3.8, 4) is 0 Å². The van der Waals surface area contributed by atoms with Gasteiger partial charge in [-0.3, -0.25) is 9.59 Å². The van der Waals surface area contributed by atoms with E-state index in [1.54, 1.807) is 0 Å². The summed E-state index contributed by atoms with van der Waals surface area (Å²) in [5.41, 5.74) is 0.0808. The predicted molar refractivity (Wildman–Crippen MR) is 74.4 cm³/mol. The number of amides is 1. The van der Waals surface area contributed by atoms with Crippen molar-refractivity contribution in [1.29, 1.82) is 0 Å². The van der Waals surface area contributed by atoms with Crippen LogP contribution in [0, 0.1) is 0 Å². The van der Waals surface area contributed by atoms with Gasteiger partial charge in [0.15, 0.2) is 0 Å². The van der Waals surface area contributed by atoms with Crippen molar-refractivity contribution in [2.45, 2.75) is 26.3 Å². The van der Waals surface area contributed by atoms with Crippen molar-refractivity contribution >= 4 is 5.91 Å². The zero-order valence-electron chi connectivity index (χ0n) is 12.0. The molecule has 0 aliphatic carbocycles. The molecule has 0 atom stereocenters. The Hall–Kier alpha value is -1.69. The van der Waals surface area contributed by atoms with Gasteiger partial charge in [-0.2, -0.15) is 5.10 Å². The van der Waals surface area contributed by atoms with Crippen molar-refractivity contribution in [2.75, 3.05) is 27.2 Å². The van der Waals surface area contributed by atoms with Crippen LogP contribution in [0.1, 0.15) is 36.8 Å². The van der Waals surface area contributed by atoms with Gasteiger partial charge in [-0.05, 0) is 47.0 Å². The molecule has 0 radical (unpaired) electrons. The minimum absolute atomic E-state index is 0.0611. The van der Waals surface area contributed by atoms with Gasteiger partial charge in [-0.25, -0.2) is 4.68 Å². The Labute approximate surface area is 113 Å². The molecule has 0 aliphatic rings. The molecule has 0 aliphatic heterocycles. The maximum Gasteiger partial charge on any atom is 0.271 e. The molecule has 0 aromatic carbocycles. The fourth-order valence-corrected chi connectivity index (χ4v) is 1.60. The van der Waals surface area contributed by atoms with Crippen LogP contribution in [0.25, 0.3) is 0 Å². The first-order chi connectivity index (χ1) is 8.91. The maximum atomic E-state index is 11.9. The summed E-state index contributed by atoms with van der Waals surface area (Å²) in [4.78, 5) is 25.5. The first-order valence-corrected chi connectivity index (χ1v) is 6.44. The number of hydrogen-bond donors (Lipinski definition) is 1. The third-order valence-electron chi connectivity index (χ3n) is 2.61. The van der Waals surface area contributed by atoms with Gasteiger partial charge in [-0.15, -0.1) is 0 Å². The van der Waals surface area contributed by atoms with E-state index in [0.717, 1.165) is 13.0 Å². The highest BCUT2D eigenvalue weighted by molar-refractivity contribution is 5.91. The van der Waals surface area contributed by atoms with E-state index in [1.165, 1.54) is 16.8 Å². The van der Waals surface area contributed by atoms with Crippen LogP contribution in [0.15, 0.2) is 16.9 Å². The van der Waals surface area contributed by atoms with Crippen molar-refractivity contribution in [2.24, 2.45) is 0 Å². The van der Waals surface area contributed by atoms with E-state index in [4.69, 9.17) is 0 Å². The molecular formula is C13H22N4O2. The normalized spacial score (nSPS) is 11.1. The Balaban J connectivity index is 2.62. The maximum absolute atomic E-state index is 11.9. The second kappa shape index (κ2) is 7.04. The molecule has 6 heteroatoms. The first-order valence-electron chi connectivity index (χ1n) is 6.44. The van der Waals surface area contributed by atoms with Crippen molar-refractivity contribution in [3.05, 3.63) is 28.2 Å². The monoisotopic (exact) mass is 266 g/mol. The van der Waals surface area contributed by atoms with Crippen molar-refractivity contribution in [3.63, 3.8) is 0 Å². The van der Waals surface area contributed by atoms with Crippen LogP contribution in [0.2, 0.25) is 0 Å². The van der Waals surface area contributed by atoms with Crippen LogP contribution in [-0.4, -0.2) is 47.8 Å². The summed E-state index contributed by atoms with van der Waals surface area (Å²) in [6, 6.07) is 2.78. The van der Waals surface area contributed by atoms with Crippen LogP contribution >= 0.6 is 0 Å². The van der Waals surface area contributed by atoms with Gasteiger partial charge in [-0.1, -0.05) is 0 Å². The van der Waals surface area contributed by atoms with Crippen molar-refractivity contribution < 1.29 is 4.79 Å². The molecule has 0 spiro atoms. The molecule has 0 saturated heterocycles. The highest BCUT2D eigenvalue weighted by Gasteiger charge is 2.10. The smallest absolute Gasteiger partial charge is 0.271 e. The standard InChI is InChI=1S/C13H22N4O2/c1-10(2)17-12(18)7-6-11(15-17)13(19)14-8-5-9-16(3)4/h6-7,10H,5,8-9H2,1-4H3,(H,14,19). The van der Waals surface area contributed by atoms with E-state index < -0.39 is 0 Å². The van der Waals surface area contributed by atoms with E-state index in [1.807, 2.05) is 27.9 Å². The largest absolute Gasteiger partial charge is 0.351 e. The predicted octanol–water partition coefficient (Wildman–Crippen LogP) is 0.506. The molecule has 1 N–H and O–H groups in total. The highest BCUT2D eigenvalue weighted by Crippen LogP contribution is 1.98. The Kier molecular flexibility index (Phi) is 5.69. The molecule has 106 valence electrons. The Morgan fingerprint density at radius 3 is 2.68 bits per heavy atom. The van der Waals surface area contributed by atoms with Gasteiger partial charge in [0.05, 0.1) is 6.04 Å². The molecule has 1 aromatic rings. The lowest BCUT2D eigenvalue weighted by molar-refractivity contribution is 0.0944. The number of hydrogen-bond acceptors (Lipinski definition) is 4. The molecule has 6 nitrogen and oxygen atoms in total. The summed E-state index contributed by atoms with van der Waals surface area (Å²) in [5.74, 6) is -0.242. The minimum atomic E-state index is -0.242. The van der Waals surface area contributed by atoms with Crippen LogP contribution < -0.4 is 10.9 Å². The summed E-state index contributed by atoms with van der Waals surface area (Å²) in [5, 5.41) is 6.86. The summed E-state index contributed by atoms with van der Waals surface area (Å²) in [6.45, 7) is 5.22. The number of carbonyl (C=O) groups is 1. The van der Waals surface area contributed by atoms with Crippen LogP contribution in [0.5, 0.6) is 0 Å². The average molecular weight is 266 g/mol. The Morgan fingerprint density at radius 1 is 1.42 bits per heavy atom. The molecule has 0 unspecified atom stereocenters. The molecule has 1 heterocycles. The molecule has 0 saturated carbocycles. The lowest BCUT2D eigenvalue weighted by atomic mass is 10.3. The van der Waals surface area contributed by atoms with E-state index >= 15 is 0 Å². The lowest BCUT2D eigenvalue weighted by Gasteiger charge is -2.11. The van der Waals surface area contributed by atoms with E-state index in [9.17, 15) is 9.59 Å². The van der Waals surface area contributed by atoms with Crippen LogP contribution in [0.4, 0.5) is 0 Å². The van der Waals surface area contributed by atoms with Crippen LogP contribution in [0.3, 0.4) is 0 Å². The topological polar surface area (TPSA) is 67.2 Å². The zero-order chi connectivity index (χ0) is 14.4. The van der Waals surface area contributed by atoms with Gasteiger partial charge >= 0.3 is 0 Å². The fraction of sp³-hybridized carbons (Fsp3) is 0.615. The molecule has 19 heavy (non-hydrogen) atoms. The molecule has 1 aromatic heterocycles. The van der Waals surface area contributed by atoms with Gasteiger partial charge in [0.1, 0.15) is 5.69 Å². The Bertz CT molecular complexity index is 480. The number of nitrogens with zero attached hydrogens (tertiary/aromatic N) is 3. The number of carbonyl (C=O) groups excluding carboxylic acids is 1. The van der Waals surface area contributed by atoms with E-state index in [-0.39, 0.29) is 23.2 Å². The molecule has 0 bridgehead atoms. The van der Waals surface area contributed by atoms with Crippen LogP contribution in [-0.2, 0) is 0 Å². The second-order valence-electron chi connectivity index (χ2n) is 5.01. The minimum Gasteiger partial charge on any atom is -0.351 e. The molecular weight excluding hydrogens is 244 g/mol. The third-order valence-corrected chi connectivity index (χ3v) is 2.61. The number of nitrogens with one attached hydrogen (secondary N) is 1. The Morgan fingerprint density at radius 2 is 2.11 bits per heavy atom. The van der Waals surface area contributed by atoms with E-state index in [0.29, 0.717) is 6.54 Å². The summed E-state index contributed by atoms with van der Waals surface area (Å²) < 4.78 is 1.31.